The molecule has 4 unspecified atom stereocenters. The minimum absolute atomic E-state index is 0.0736. The summed E-state index contributed by atoms with van der Waals surface area (Å²) >= 11 is 0. The summed E-state index contributed by atoms with van der Waals surface area (Å²) < 4.78 is 0. The highest BCUT2D eigenvalue weighted by atomic mass is 16.3. The Morgan fingerprint density at radius 3 is 2.62 bits per heavy atom. The van der Waals surface area contributed by atoms with Crippen LogP contribution in [0.5, 0.6) is 0 Å². The van der Waals surface area contributed by atoms with Gasteiger partial charge in [0.25, 0.3) is 0 Å². The second-order valence-electron chi connectivity index (χ2n) is 6.24. The Bertz CT molecular complexity index is 229. The van der Waals surface area contributed by atoms with Crippen LogP contribution in [-0.4, -0.2) is 34.7 Å². The first-order valence-electron chi connectivity index (χ1n) is 7.03. The second kappa shape index (κ2) is 5.05. The van der Waals surface area contributed by atoms with Crippen LogP contribution >= 0.6 is 0 Å². The van der Waals surface area contributed by atoms with Gasteiger partial charge in [-0.05, 0) is 50.5 Å². The fraction of sp³-hybridized carbons (Fsp3) is 1.00. The maximum absolute atomic E-state index is 10.2. The van der Waals surface area contributed by atoms with E-state index in [0.717, 1.165) is 18.3 Å². The zero-order chi connectivity index (χ0) is 11.7. The molecule has 4 atom stereocenters. The molecule has 16 heavy (non-hydrogen) atoms. The van der Waals surface area contributed by atoms with Gasteiger partial charge in [0.2, 0.25) is 0 Å². The van der Waals surface area contributed by atoms with Gasteiger partial charge >= 0.3 is 0 Å². The predicted molar refractivity (Wildman–Crippen MR) is 67.4 cm³/mol. The summed E-state index contributed by atoms with van der Waals surface area (Å²) in [5.74, 6) is 1.52. The first-order valence-corrected chi connectivity index (χ1v) is 7.03. The Hall–Kier alpha value is -0.0800. The highest BCUT2D eigenvalue weighted by Gasteiger charge is 2.38. The van der Waals surface area contributed by atoms with Crippen LogP contribution in [-0.2, 0) is 0 Å². The van der Waals surface area contributed by atoms with Crippen molar-refractivity contribution >= 4 is 0 Å². The van der Waals surface area contributed by atoms with Gasteiger partial charge in [0.05, 0.1) is 6.10 Å². The lowest BCUT2D eigenvalue weighted by Crippen LogP contribution is -2.50. The van der Waals surface area contributed by atoms with Gasteiger partial charge in [-0.25, -0.2) is 0 Å². The number of aliphatic hydroxyl groups excluding tert-OH is 1. The highest BCUT2D eigenvalue weighted by molar-refractivity contribution is 4.92. The number of likely N-dealkylation sites (tertiary alicyclic amines) is 1. The molecule has 1 aliphatic heterocycles. The minimum atomic E-state index is -0.0736. The van der Waals surface area contributed by atoms with Crippen LogP contribution in [0.1, 0.15) is 52.9 Å². The van der Waals surface area contributed by atoms with Crippen molar-refractivity contribution in [3.8, 4) is 0 Å². The zero-order valence-corrected chi connectivity index (χ0v) is 11.0. The fourth-order valence-electron chi connectivity index (χ4n) is 3.63. The van der Waals surface area contributed by atoms with Gasteiger partial charge < -0.3 is 5.11 Å². The largest absolute Gasteiger partial charge is 0.391 e. The first-order chi connectivity index (χ1) is 7.59. The maximum Gasteiger partial charge on any atom is 0.0695 e. The Labute approximate surface area is 100 Å². The second-order valence-corrected chi connectivity index (χ2v) is 6.24. The highest BCUT2D eigenvalue weighted by Crippen LogP contribution is 2.34. The molecule has 1 heterocycles. The van der Waals surface area contributed by atoms with Crippen LogP contribution in [0.2, 0.25) is 0 Å². The van der Waals surface area contributed by atoms with E-state index >= 15 is 0 Å². The van der Waals surface area contributed by atoms with Gasteiger partial charge in [0.15, 0.2) is 0 Å². The lowest BCUT2D eigenvalue weighted by atomic mass is 9.83. The maximum atomic E-state index is 10.2. The molecule has 0 aromatic rings. The number of aliphatic hydroxyl groups is 1. The third kappa shape index (κ3) is 2.43. The third-order valence-corrected chi connectivity index (χ3v) is 4.58. The molecular weight excluding hydrogens is 198 g/mol. The van der Waals surface area contributed by atoms with E-state index in [9.17, 15) is 5.11 Å². The smallest absolute Gasteiger partial charge is 0.0695 e. The first kappa shape index (κ1) is 12.4. The Morgan fingerprint density at radius 1 is 1.19 bits per heavy atom. The molecule has 2 nitrogen and oxygen atoms in total. The van der Waals surface area contributed by atoms with Crippen LogP contribution in [0.15, 0.2) is 0 Å². The quantitative estimate of drug-likeness (QED) is 0.781. The van der Waals surface area contributed by atoms with Crippen molar-refractivity contribution in [3.63, 3.8) is 0 Å². The van der Waals surface area contributed by atoms with Gasteiger partial charge in [-0.15, -0.1) is 0 Å². The van der Waals surface area contributed by atoms with Crippen LogP contribution in [0.25, 0.3) is 0 Å². The lowest BCUT2D eigenvalue weighted by molar-refractivity contribution is -0.00763. The van der Waals surface area contributed by atoms with E-state index in [0.29, 0.717) is 12.1 Å². The average Bonchev–Trinajstić information content (AvgIpc) is 2.70. The molecule has 2 fully saturated rings. The minimum Gasteiger partial charge on any atom is -0.391 e. The molecule has 0 radical (unpaired) electrons. The summed E-state index contributed by atoms with van der Waals surface area (Å²) in [6.45, 7) is 8.18. The molecule has 1 saturated heterocycles. The topological polar surface area (TPSA) is 23.5 Å². The average molecular weight is 225 g/mol. The van der Waals surface area contributed by atoms with Crippen molar-refractivity contribution in [1.82, 2.24) is 4.90 Å². The molecule has 2 rings (SSSR count). The van der Waals surface area contributed by atoms with Crippen molar-refractivity contribution in [2.24, 2.45) is 11.8 Å². The van der Waals surface area contributed by atoms with Gasteiger partial charge in [0.1, 0.15) is 0 Å². The Morgan fingerprint density at radius 2 is 1.94 bits per heavy atom. The van der Waals surface area contributed by atoms with Crippen molar-refractivity contribution < 1.29 is 5.11 Å². The molecular formula is C14H27NO. The Balaban J connectivity index is 2.04. The molecule has 94 valence electrons. The normalized spacial score (nSPS) is 41.8. The molecule has 0 spiro atoms. The number of rotatable bonds is 2. The summed E-state index contributed by atoms with van der Waals surface area (Å²) in [6.07, 6.45) is 5.99. The van der Waals surface area contributed by atoms with Crippen LogP contribution in [0.3, 0.4) is 0 Å². The molecule has 0 aromatic heterocycles. The standard InChI is InChI=1S/C14H27NO/c1-10(2)12-5-4-8-15(12)13-9-11(3)6-7-14(13)16/h10-14,16H,4-9H2,1-3H3. The summed E-state index contributed by atoms with van der Waals surface area (Å²) in [5, 5.41) is 10.2. The summed E-state index contributed by atoms with van der Waals surface area (Å²) in [4.78, 5) is 2.62. The van der Waals surface area contributed by atoms with E-state index in [2.05, 4.69) is 25.7 Å². The zero-order valence-electron chi connectivity index (χ0n) is 11.0. The monoisotopic (exact) mass is 225 g/mol. The molecule has 1 N–H and O–H groups in total. The van der Waals surface area contributed by atoms with Crippen molar-refractivity contribution in [2.75, 3.05) is 6.54 Å². The van der Waals surface area contributed by atoms with E-state index in [-0.39, 0.29) is 6.10 Å². The number of nitrogens with zero attached hydrogens (tertiary/aromatic N) is 1. The molecule has 1 aliphatic carbocycles. The summed E-state index contributed by atoms with van der Waals surface area (Å²) in [7, 11) is 0. The van der Waals surface area contributed by atoms with Crippen molar-refractivity contribution in [2.45, 2.75) is 71.1 Å². The molecule has 2 aliphatic rings. The van der Waals surface area contributed by atoms with Crippen molar-refractivity contribution in [3.05, 3.63) is 0 Å². The molecule has 0 bridgehead atoms. The summed E-state index contributed by atoms with van der Waals surface area (Å²) in [6, 6.07) is 1.16. The fourth-order valence-corrected chi connectivity index (χ4v) is 3.63. The van der Waals surface area contributed by atoms with E-state index in [1.807, 2.05) is 0 Å². The third-order valence-electron chi connectivity index (χ3n) is 4.58. The molecule has 2 heteroatoms. The van der Waals surface area contributed by atoms with Crippen LogP contribution < -0.4 is 0 Å². The van der Waals surface area contributed by atoms with Gasteiger partial charge in [-0.1, -0.05) is 20.8 Å². The SMILES string of the molecule is CC1CCC(O)C(N2CCCC2C(C)C)C1. The van der Waals surface area contributed by atoms with Gasteiger partial charge in [-0.2, -0.15) is 0 Å². The van der Waals surface area contributed by atoms with Gasteiger partial charge in [0, 0.05) is 12.1 Å². The van der Waals surface area contributed by atoms with Crippen molar-refractivity contribution in [1.29, 1.82) is 0 Å². The summed E-state index contributed by atoms with van der Waals surface area (Å²) in [5.41, 5.74) is 0. The molecule has 1 saturated carbocycles. The van der Waals surface area contributed by atoms with E-state index in [1.54, 1.807) is 0 Å². The molecule has 0 aromatic carbocycles. The lowest BCUT2D eigenvalue weighted by Gasteiger charge is -2.42. The van der Waals surface area contributed by atoms with Gasteiger partial charge in [-0.3, -0.25) is 4.90 Å². The Kier molecular flexibility index (Phi) is 3.91. The van der Waals surface area contributed by atoms with E-state index in [4.69, 9.17) is 0 Å². The van der Waals surface area contributed by atoms with E-state index < -0.39 is 0 Å². The van der Waals surface area contributed by atoms with Crippen LogP contribution in [0.4, 0.5) is 0 Å². The van der Waals surface area contributed by atoms with Crippen LogP contribution in [0, 0.1) is 11.8 Å². The van der Waals surface area contributed by atoms with E-state index in [1.165, 1.54) is 32.2 Å². The number of hydrogen-bond donors (Lipinski definition) is 1. The number of hydrogen-bond acceptors (Lipinski definition) is 2. The molecule has 0 amide bonds. The predicted octanol–water partition coefficient (Wildman–Crippen LogP) is 2.66.